The van der Waals surface area contributed by atoms with Crippen molar-refractivity contribution in [3.05, 3.63) is 133 Å². The third-order valence-electron chi connectivity index (χ3n) is 7.75. The smallest absolute Gasteiger partial charge is 0.0198 e. The maximum absolute atomic E-state index is 4.95. The standard InChI is InChI=1S/C27H20N.C11H8N.Ir/c1-27(2,3)16-14-23-21-12-6-10-19-17-8-4-5-9-18(17)20-11-7-13-22(25(20)24(19)21)26(23)28-15-16;1-2-6-10(7-3-1)11-8-4-5-9-12-11;/h4-12,14-15H,1-3H3;1-6,8-9H;/q2*-1;. The number of pyridine rings is 2. The molecule has 0 N–H and O–H groups in total. The van der Waals surface area contributed by atoms with Gasteiger partial charge in [-0.1, -0.05) is 92.2 Å². The molecule has 8 rings (SSSR count). The Morgan fingerprint density at radius 1 is 0.585 bits per heavy atom. The normalized spacial score (nSPS) is 11.6. The summed E-state index contributed by atoms with van der Waals surface area (Å²) in [6.45, 7) is 6.73. The second-order valence-corrected chi connectivity index (χ2v) is 11.3. The van der Waals surface area contributed by atoms with Crippen LogP contribution in [0.25, 0.3) is 65.3 Å². The van der Waals surface area contributed by atoms with Gasteiger partial charge in [0.25, 0.3) is 0 Å². The van der Waals surface area contributed by atoms with Gasteiger partial charge in [-0.3, -0.25) is 0 Å². The third kappa shape index (κ3) is 4.66. The number of aromatic nitrogens is 2. The third-order valence-corrected chi connectivity index (χ3v) is 7.75. The number of fused-ring (bicyclic) bond motifs is 6. The first-order valence-corrected chi connectivity index (χ1v) is 13.7. The van der Waals surface area contributed by atoms with Crippen molar-refractivity contribution < 1.29 is 20.1 Å². The quantitative estimate of drug-likeness (QED) is 0.0966. The molecule has 2 aromatic heterocycles. The van der Waals surface area contributed by atoms with Crippen LogP contribution >= 0.6 is 0 Å². The molecule has 41 heavy (non-hydrogen) atoms. The van der Waals surface area contributed by atoms with Crippen molar-refractivity contribution in [2.45, 2.75) is 26.2 Å². The molecule has 0 bridgehead atoms. The van der Waals surface area contributed by atoms with E-state index in [-0.39, 0.29) is 25.5 Å². The summed E-state index contributed by atoms with van der Waals surface area (Å²) in [6.07, 6.45) is 3.83. The Kier molecular flexibility index (Phi) is 7.03. The predicted molar refractivity (Wildman–Crippen MR) is 169 cm³/mol. The van der Waals surface area contributed by atoms with Crippen LogP contribution in [0.4, 0.5) is 0 Å². The van der Waals surface area contributed by atoms with Gasteiger partial charge in [-0.25, -0.2) is 0 Å². The van der Waals surface area contributed by atoms with E-state index >= 15 is 0 Å². The van der Waals surface area contributed by atoms with Crippen LogP contribution in [0, 0.1) is 12.1 Å². The van der Waals surface area contributed by atoms with Gasteiger partial charge in [-0.15, -0.1) is 59.5 Å². The minimum Gasteiger partial charge on any atom is -0.305 e. The first-order valence-electron chi connectivity index (χ1n) is 13.7. The summed E-state index contributed by atoms with van der Waals surface area (Å²) in [5.41, 5.74) is 4.39. The maximum atomic E-state index is 4.95. The van der Waals surface area contributed by atoms with E-state index in [2.05, 4.69) is 92.5 Å². The minimum absolute atomic E-state index is 0. The largest absolute Gasteiger partial charge is 0.305 e. The van der Waals surface area contributed by atoms with Crippen molar-refractivity contribution in [1.82, 2.24) is 9.97 Å². The fourth-order valence-electron chi connectivity index (χ4n) is 5.75. The summed E-state index contributed by atoms with van der Waals surface area (Å²) in [5.74, 6) is 0. The summed E-state index contributed by atoms with van der Waals surface area (Å²) in [5, 5.41) is 11.5. The van der Waals surface area contributed by atoms with E-state index < -0.39 is 0 Å². The Morgan fingerprint density at radius 3 is 1.95 bits per heavy atom. The number of hydrogen-bond acceptors (Lipinski definition) is 2. The monoisotopic (exact) mass is 705 g/mol. The molecule has 6 aromatic carbocycles. The topological polar surface area (TPSA) is 25.8 Å². The number of rotatable bonds is 1. The van der Waals surface area contributed by atoms with Crippen LogP contribution < -0.4 is 0 Å². The van der Waals surface area contributed by atoms with Crippen LogP contribution in [0.1, 0.15) is 26.3 Å². The van der Waals surface area contributed by atoms with Gasteiger partial charge >= 0.3 is 0 Å². The summed E-state index contributed by atoms with van der Waals surface area (Å²) in [7, 11) is 0. The zero-order valence-corrected chi connectivity index (χ0v) is 25.6. The van der Waals surface area contributed by atoms with Crippen molar-refractivity contribution in [2.24, 2.45) is 0 Å². The summed E-state index contributed by atoms with van der Waals surface area (Å²) >= 11 is 0. The van der Waals surface area contributed by atoms with Crippen LogP contribution in [0.3, 0.4) is 0 Å². The Labute approximate surface area is 253 Å². The maximum Gasteiger partial charge on any atom is 0.0198 e. The molecule has 201 valence electrons. The molecule has 0 saturated heterocycles. The Bertz CT molecular complexity index is 2090. The molecule has 1 radical (unpaired) electrons. The molecule has 0 aliphatic heterocycles. The van der Waals surface area contributed by atoms with Crippen LogP contribution in [0.5, 0.6) is 0 Å². The zero-order chi connectivity index (χ0) is 27.3. The van der Waals surface area contributed by atoms with Gasteiger partial charge in [0, 0.05) is 32.5 Å². The number of nitrogens with zero attached hydrogens (tertiary/aromatic N) is 2. The summed E-state index contributed by atoms with van der Waals surface area (Å²) in [4.78, 5) is 9.16. The van der Waals surface area contributed by atoms with Crippen LogP contribution in [-0.2, 0) is 25.5 Å². The van der Waals surface area contributed by atoms with Gasteiger partial charge in [-0.2, -0.15) is 0 Å². The van der Waals surface area contributed by atoms with E-state index in [0.29, 0.717) is 0 Å². The first-order chi connectivity index (χ1) is 19.5. The number of hydrogen-bond donors (Lipinski definition) is 0. The van der Waals surface area contributed by atoms with Gasteiger partial charge in [0.2, 0.25) is 0 Å². The van der Waals surface area contributed by atoms with Gasteiger partial charge in [-0.05, 0) is 60.6 Å². The number of benzene rings is 6. The van der Waals surface area contributed by atoms with E-state index in [0.717, 1.165) is 22.2 Å². The molecule has 0 aliphatic rings. The average Bonchev–Trinajstić information content (AvgIpc) is 3.01. The van der Waals surface area contributed by atoms with E-state index in [1.54, 1.807) is 6.20 Å². The fourth-order valence-corrected chi connectivity index (χ4v) is 5.75. The van der Waals surface area contributed by atoms with E-state index in [1.165, 1.54) is 48.7 Å². The van der Waals surface area contributed by atoms with Crippen LogP contribution in [-0.4, -0.2) is 9.97 Å². The van der Waals surface area contributed by atoms with E-state index in [4.69, 9.17) is 4.98 Å². The van der Waals surface area contributed by atoms with Gasteiger partial charge < -0.3 is 9.97 Å². The van der Waals surface area contributed by atoms with Gasteiger partial charge in [0.15, 0.2) is 0 Å². The molecule has 0 amide bonds. The van der Waals surface area contributed by atoms with E-state index in [1.807, 2.05) is 54.7 Å². The Hall–Kier alpha value is -4.17. The van der Waals surface area contributed by atoms with Gasteiger partial charge in [0.1, 0.15) is 0 Å². The fraction of sp³-hybridized carbons (Fsp3) is 0.105. The average molecular weight is 705 g/mol. The van der Waals surface area contributed by atoms with Crippen molar-refractivity contribution in [2.75, 3.05) is 0 Å². The first kappa shape index (κ1) is 27.0. The molecule has 0 saturated carbocycles. The molecule has 0 atom stereocenters. The summed E-state index contributed by atoms with van der Waals surface area (Å²) < 4.78 is 0. The van der Waals surface area contributed by atoms with E-state index in [9.17, 15) is 0 Å². The molecule has 2 heterocycles. The zero-order valence-electron chi connectivity index (χ0n) is 23.2. The van der Waals surface area contributed by atoms with Crippen LogP contribution in [0.2, 0.25) is 0 Å². The molecular weight excluding hydrogens is 677 g/mol. The van der Waals surface area contributed by atoms with Crippen molar-refractivity contribution >= 4 is 54.0 Å². The molecule has 3 heteroatoms. The predicted octanol–water partition coefficient (Wildman–Crippen LogP) is 9.93. The van der Waals surface area contributed by atoms with Crippen LogP contribution in [0.15, 0.2) is 116 Å². The molecule has 2 nitrogen and oxygen atoms in total. The SMILES string of the molecule is CC(C)(C)c1cnc2c3[c-]ccc4c5ccccc5c5cccc(c2c1)c5c34.[Ir].[c-]1ccccc1-c1ccccn1. The molecule has 8 aromatic rings. The molecule has 0 spiro atoms. The Morgan fingerprint density at radius 2 is 1.27 bits per heavy atom. The van der Waals surface area contributed by atoms with Crippen molar-refractivity contribution in [1.29, 1.82) is 0 Å². The molecule has 0 unspecified atom stereocenters. The van der Waals surface area contributed by atoms with Crippen molar-refractivity contribution in [3.8, 4) is 11.3 Å². The second-order valence-electron chi connectivity index (χ2n) is 11.3. The minimum atomic E-state index is 0. The molecule has 0 fully saturated rings. The molecular formula is C38H28IrN2-2. The second kappa shape index (κ2) is 10.7. The summed E-state index contributed by atoms with van der Waals surface area (Å²) in [6, 6.07) is 42.3. The molecule has 0 aliphatic carbocycles. The van der Waals surface area contributed by atoms with Gasteiger partial charge in [0.05, 0.1) is 0 Å². The van der Waals surface area contributed by atoms with Crippen molar-refractivity contribution in [3.63, 3.8) is 0 Å². The Balaban J connectivity index is 0.000000196.